The van der Waals surface area contributed by atoms with Gasteiger partial charge in [0.05, 0.1) is 25.8 Å². The highest BCUT2D eigenvalue weighted by Crippen LogP contribution is 2.48. The standard InChI is InChI=1S/C7H15O5P.Al.3H/c1-3-11-13(10,12-4-2)6-5-7(8)9;;;;/h3-6H2,1-2H3,(H,8,9);;;;. The fourth-order valence-corrected chi connectivity index (χ4v) is 2.38. The lowest BCUT2D eigenvalue weighted by Gasteiger charge is -2.15. The minimum Gasteiger partial charge on any atom is -0.481 e. The van der Waals surface area contributed by atoms with Gasteiger partial charge in [0.1, 0.15) is 0 Å². The Labute approximate surface area is 94.4 Å². The van der Waals surface area contributed by atoms with E-state index in [9.17, 15) is 9.36 Å². The summed E-state index contributed by atoms with van der Waals surface area (Å²) in [5.74, 6) is -1.00. The molecule has 84 valence electrons. The first-order chi connectivity index (χ1) is 6.04. The Bertz CT molecular complexity index is 198. The van der Waals surface area contributed by atoms with Crippen molar-refractivity contribution in [3.8, 4) is 0 Å². The summed E-state index contributed by atoms with van der Waals surface area (Å²) in [7, 11) is -3.15. The maximum atomic E-state index is 11.6. The third-order valence-electron chi connectivity index (χ3n) is 1.25. The van der Waals surface area contributed by atoms with Crippen LogP contribution in [0.2, 0.25) is 0 Å². The molecular weight excluding hydrogens is 222 g/mol. The van der Waals surface area contributed by atoms with Crippen LogP contribution in [0.3, 0.4) is 0 Å². The van der Waals surface area contributed by atoms with Gasteiger partial charge in [0.2, 0.25) is 0 Å². The van der Waals surface area contributed by atoms with Gasteiger partial charge in [-0.15, -0.1) is 0 Å². The van der Waals surface area contributed by atoms with Gasteiger partial charge < -0.3 is 14.2 Å². The first-order valence-corrected chi connectivity index (χ1v) is 5.86. The molecule has 0 saturated carbocycles. The maximum absolute atomic E-state index is 11.6. The molecule has 0 rings (SSSR count). The molecule has 0 aliphatic carbocycles. The van der Waals surface area contributed by atoms with Gasteiger partial charge in [0, 0.05) is 0 Å². The van der Waals surface area contributed by atoms with E-state index in [0.29, 0.717) is 0 Å². The van der Waals surface area contributed by atoms with Crippen LogP contribution in [0.1, 0.15) is 20.3 Å². The van der Waals surface area contributed by atoms with E-state index in [1.807, 2.05) is 0 Å². The summed E-state index contributed by atoms with van der Waals surface area (Å²) < 4.78 is 21.4. The van der Waals surface area contributed by atoms with E-state index >= 15 is 0 Å². The number of rotatable bonds is 7. The monoisotopic (exact) mass is 240 g/mol. The zero-order valence-corrected chi connectivity index (χ0v) is 8.75. The van der Waals surface area contributed by atoms with Crippen molar-refractivity contribution in [3.05, 3.63) is 0 Å². The van der Waals surface area contributed by atoms with Gasteiger partial charge >= 0.3 is 13.6 Å². The summed E-state index contributed by atoms with van der Waals surface area (Å²) in [6.07, 6.45) is -0.263. The van der Waals surface area contributed by atoms with Crippen molar-refractivity contribution < 1.29 is 23.5 Å². The van der Waals surface area contributed by atoms with Crippen molar-refractivity contribution in [3.63, 3.8) is 0 Å². The van der Waals surface area contributed by atoms with Crippen LogP contribution in [0.5, 0.6) is 0 Å². The van der Waals surface area contributed by atoms with E-state index in [2.05, 4.69) is 0 Å². The number of carbonyl (C=O) groups is 1. The number of carboxylic acid groups (broad SMARTS) is 1. The van der Waals surface area contributed by atoms with Crippen molar-refractivity contribution in [1.82, 2.24) is 0 Å². The normalized spacial score (nSPS) is 10.7. The minimum atomic E-state index is -3.15. The van der Waals surface area contributed by atoms with Crippen LogP contribution < -0.4 is 0 Å². The maximum Gasteiger partial charge on any atom is 0.331 e. The van der Waals surface area contributed by atoms with Crippen molar-refractivity contribution in [2.75, 3.05) is 19.4 Å². The van der Waals surface area contributed by atoms with Crippen LogP contribution in [-0.2, 0) is 18.4 Å². The second kappa shape index (κ2) is 8.46. The first-order valence-electron chi connectivity index (χ1n) is 4.14. The van der Waals surface area contributed by atoms with Crippen LogP contribution in [-0.4, -0.2) is 47.8 Å². The summed E-state index contributed by atoms with van der Waals surface area (Å²) >= 11 is 0. The van der Waals surface area contributed by atoms with Gasteiger partial charge in [-0.2, -0.15) is 0 Å². The fourth-order valence-electron chi connectivity index (χ4n) is 0.792. The zero-order valence-electron chi connectivity index (χ0n) is 7.86. The summed E-state index contributed by atoms with van der Waals surface area (Å²) in [5.41, 5.74) is 0. The average Bonchev–Trinajstić information content (AvgIpc) is 2.02. The molecule has 1 N–H and O–H groups in total. The van der Waals surface area contributed by atoms with Crippen LogP contribution in [0.4, 0.5) is 0 Å². The van der Waals surface area contributed by atoms with Crippen molar-refractivity contribution in [1.29, 1.82) is 0 Å². The van der Waals surface area contributed by atoms with E-state index in [1.165, 1.54) is 0 Å². The molecule has 0 spiro atoms. The van der Waals surface area contributed by atoms with Gasteiger partial charge in [-0.1, -0.05) is 0 Å². The zero-order chi connectivity index (χ0) is 10.3. The van der Waals surface area contributed by atoms with E-state index in [4.69, 9.17) is 14.2 Å². The SMILES string of the molecule is CCOP(=O)(CCC(=O)O)OCC.[AlH3]. The Balaban J connectivity index is 0. The Hall–Kier alpha value is 0.152. The summed E-state index contributed by atoms with van der Waals surface area (Å²) in [6, 6.07) is 0. The Morgan fingerprint density at radius 1 is 1.29 bits per heavy atom. The van der Waals surface area contributed by atoms with Crippen LogP contribution in [0.25, 0.3) is 0 Å². The number of hydrogen-bond acceptors (Lipinski definition) is 4. The van der Waals surface area contributed by atoms with E-state index in [1.54, 1.807) is 13.8 Å². The van der Waals surface area contributed by atoms with Crippen LogP contribution >= 0.6 is 7.60 Å². The molecule has 0 unspecified atom stereocenters. The smallest absolute Gasteiger partial charge is 0.331 e. The topological polar surface area (TPSA) is 72.8 Å². The highest BCUT2D eigenvalue weighted by atomic mass is 31.2. The van der Waals surface area contributed by atoms with E-state index in [0.717, 1.165) is 0 Å². The van der Waals surface area contributed by atoms with Crippen molar-refractivity contribution in [2.24, 2.45) is 0 Å². The molecule has 0 saturated heterocycles. The molecule has 0 fully saturated rings. The molecule has 0 bridgehead atoms. The van der Waals surface area contributed by atoms with Crippen molar-refractivity contribution in [2.45, 2.75) is 20.3 Å². The molecule has 0 radical (unpaired) electrons. The van der Waals surface area contributed by atoms with Gasteiger partial charge in [-0.05, 0) is 13.8 Å². The van der Waals surface area contributed by atoms with Gasteiger partial charge in [-0.25, -0.2) is 0 Å². The molecule has 5 nitrogen and oxygen atoms in total. The molecule has 0 atom stereocenters. The molecule has 0 heterocycles. The van der Waals surface area contributed by atoms with Gasteiger partial charge in [0.25, 0.3) is 0 Å². The summed E-state index contributed by atoms with van der Waals surface area (Å²) in [6.45, 7) is 3.90. The average molecular weight is 240 g/mol. The quantitative estimate of drug-likeness (QED) is 0.519. The minimum absolute atomic E-state index is 0. The number of aliphatic carboxylic acids is 1. The van der Waals surface area contributed by atoms with E-state index < -0.39 is 13.6 Å². The Morgan fingerprint density at radius 2 is 1.71 bits per heavy atom. The van der Waals surface area contributed by atoms with Crippen LogP contribution in [0.15, 0.2) is 0 Å². The lowest BCUT2D eigenvalue weighted by Crippen LogP contribution is -2.04. The summed E-state index contributed by atoms with van der Waals surface area (Å²) in [5, 5.41) is 8.38. The second-order valence-corrected chi connectivity index (χ2v) is 4.50. The molecule has 0 aromatic heterocycles. The molecule has 0 aliphatic rings. The molecular formula is C7H18AlO5P. The summed E-state index contributed by atoms with van der Waals surface area (Å²) in [4.78, 5) is 10.2. The molecule has 0 aromatic rings. The van der Waals surface area contributed by atoms with Gasteiger partial charge in [0.15, 0.2) is 17.4 Å². The first kappa shape index (κ1) is 16.6. The third-order valence-corrected chi connectivity index (χ3v) is 3.33. The molecule has 0 aliphatic heterocycles. The predicted molar refractivity (Wildman–Crippen MR) is 57.9 cm³/mol. The Morgan fingerprint density at radius 3 is 2.00 bits per heavy atom. The second-order valence-electron chi connectivity index (χ2n) is 2.31. The van der Waals surface area contributed by atoms with E-state index in [-0.39, 0.29) is 43.2 Å². The van der Waals surface area contributed by atoms with Crippen LogP contribution in [0, 0.1) is 0 Å². The highest BCUT2D eigenvalue weighted by Gasteiger charge is 2.24. The van der Waals surface area contributed by atoms with Gasteiger partial charge in [-0.3, -0.25) is 9.36 Å². The lowest BCUT2D eigenvalue weighted by atomic mass is 10.5. The predicted octanol–water partition coefficient (Wildman–Crippen LogP) is 0.543. The largest absolute Gasteiger partial charge is 0.481 e. The molecule has 0 amide bonds. The molecule has 0 aromatic carbocycles. The fraction of sp³-hybridized carbons (Fsp3) is 0.857. The molecule has 7 heteroatoms. The lowest BCUT2D eigenvalue weighted by molar-refractivity contribution is -0.136. The molecule has 14 heavy (non-hydrogen) atoms. The third kappa shape index (κ3) is 7.55. The number of hydrogen-bond donors (Lipinski definition) is 1. The highest BCUT2D eigenvalue weighted by molar-refractivity contribution is 7.53. The van der Waals surface area contributed by atoms with Crippen molar-refractivity contribution >= 4 is 30.9 Å². The Kier molecular flexibility index (Phi) is 10.0. The number of carboxylic acids is 1.